The highest BCUT2D eigenvalue weighted by atomic mass is 19.1. The van der Waals surface area contributed by atoms with Crippen LogP contribution in [0.25, 0.3) is 33.4 Å². The maximum Gasteiger partial charge on any atom is 0.255 e. The molecule has 41 heavy (non-hydrogen) atoms. The lowest BCUT2D eigenvalue weighted by Crippen LogP contribution is -2.48. The number of amides is 1. The Labute approximate surface area is 235 Å². The topological polar surface area (TPSA) is 68.5 Å². The Hall–Kier alpha value is -4.62. The number of nitrogens with one attached hydrogen (secondary N) is 1. The Morgan fingerprint density at radius 1 is 0.902 bits per heavy atom. The molecule has 4 aromatic carbocycles. The lowest BCUT2D eigenvalue weighted by atomic mass is 9.74. The molecule has 5 aromatic rings. The van der Waals surface area contributed by atoms with Gasteiger partial charge in [0.1, 0.15) is 23.0 Å². The molecule has 0 radical (unpaired) electrons. The van der Waals surface area contributed by atoms with Crippen molar-refractivity contribution in [3.63, 3.8) is 0 Å². The fraction of sp³-hybridized carbons (Fsp3) is 0.176. The van der Waals surface area contributed by atoms with Crippen molar-refractivity contribution in [3.05, 3.63) is 119 Å². The number of ketones is 1. The predicted molar refractivity (Wildman–Crippen MR) is 153 cm³/mol. The first-order chi connectivity index (χ1) is 19.8. The van der Waals surface area contributed by atoms with Gasteiger partial charge >= 0.3 is 0 Å². The number of fused-ring (bicyclic) bond motifs is 1. The first kappa shape index (κ1) is 26.6. The van der Waals surface area contributed by atoms with Crippen molar-refractivity contribution in [3.8, 4) is 22.5 Å². The molecule has 1 amide bonds. The molecule has 0 atom stereocenters. The van der Waals surface area contributed by atoms with Crippen molar-refractivity contribution in [2.24, 2.45) is 0 Å². The molecule has 1 N–H and O–H groups in total. The van der Waals surface area contributed by atoms with Gasteiger partial charge in [-0.3, -0.25) is 9.59 Å². The fourth-order valence-electron chi connectivity index (χ4n) is 5.51. The van der Waals surface area contributed by atoms with E-state index in [0.29, 0.717) is 29.9 Å². The number of aryl methyl sites for hydroxylation is 1. The lowest BCUT2D eigenvalue weighted by Gasteiger charge is -2.41. The molecular formula is C34H27F2NO4. The summed E-state index contributed by atoms with van der Waals surface area (Å²) in [6.07, 6.45) is 0.268. The van der Waals surface area contributed by atoms with E-state index in [9.17, 15) is 14.0 Å². The van der Waals surface area contributed by atoms with Crippen molar-refractivity contribution in [2.45, 2.75) is 18.8 Å². The molecule has 0 unspecified atom stereocenters. The monoisotopic (exact) mass is 551 g/mol. The van der Waals surface area contributed by atoms with E-state index < -0.39 is 17.5 Å². The number of furan rings is 1. The van der Waals surface area contributed by atoms with Crippen LogP contribution in [0.5, 0.6) is 0 Å². The molecule has 0 spiro atoms. The van der Waals surface area contributed by atoms with E-state index in [4.69, 9.17) is 9.15 Å². The average molecular weight is 552 g/mol. The minimum atomic E-state index is -0.640. The first-order valence-corrected chi connectivity index (χ1v) is 13.3. The van der Waals surface area contributed by atoms with Crippen molar-refractivity contribution in [1.29, 1.82) is 0 Å². The summed E-state index contributed by atoms with van der Waals surface area (Å²) >= 11 is 0. The van der Waals surface area contributed by atoms with Crippen LogP contribution >= 0.6 is 0 Å². The second-order valence-corrected chi connectivity index (χ2v) is 10.5. The van der Waals surface area contributed by atoms with E-state index in [1.807, 2.05) is 37.3 Å². The molecule has 206 valence electrons. The molecule has 5 nitrogen and oxygen atoms in total. The third-order valence-electron chi connectivity index (χ3n) is 7.84. The van der Waals surface area contributed by atoms with Crippen LogP contribution in [0.15, 0.2) is 89.3 Å². The summed E-state index contributed by atoms with van der Waals surface area (Å²) in [7, 11) is 1.45. The van der Waals surface area contributed by atoms with Crippen LogP contribution in [0.3, 0.4) is 0 Å². The summed E-state index contributed by atoms with van der Waals surface area (Å²) in [5.74, 6) is -1.53. The number of Topliss-reactive ketones (excluding diaryl/α,β-unsaturated/α-hetero) is 1. The standard InChI is InChI=1S/C34H27F2NO4/c1-20-8-9-22(27(38)17-34(18-40-19-34)23-6-4-3-5-7-23)16-26(20)25-14-15-28-29(31(25)36)30(33(39)37-2)32(41-28)21-10-12-24(35)13-11-21/h3-16H,17-19H2,1-2H3,(H,37,39). The maximum atomic E-state index is 16.4. The van der Waals surface area contributed by atoms with Gasteiger partial charge in [0.15, 0.2) is 5.78 Å². The minimum Gasteiger partial charge on any atom is -0.455 e. The number of rotatable bonds is 7. The summed E-state index contributed by atoms with van der Waals surface area (Å²) in [4.78, 5) is 26.5. The molecule has 0 bridgehead atoms. The summed E-state index contributed by atoms with van der Waals surface area (Å²) in [5, 5.41) is 2.57. The zero-order valence-electron chi connectivity index (χ0n) is 22.6. The van der Waals surface area contributed by atoms with E-state index in [2.05, 4.69) is 5.32 Å². The predicted octanol–water partition coefficient (Wildman–Crippen LogP) is 7.25. The quantitative estimate of drug-likeness (QED) is 0.216. The second kappa shape index (κ2) is 10.4. The Kier molecular flexibility index (Phi) is 6.75. The van der Waals surface area contributed by atoms with Crippen molar-refractivity contribution >= 4 is 22.7 Å². The second-order valence-electron chi connectivity index (χ2n) is 10.5. The van der Waals surface area contributed by atoms with Crippen molar-refractivity contribution in [2.75, 3.05) is 20.3 Å². The van der Waals surface area contributed by atoms with Crippen LogP contribution < -0.4 is 5.32 Å². The Morgan fingerprint density at radius 2 is 1.63 bits per heavy atom. The summed E-state index contributed by atoms with van der Waals surface area (Å²) < 4.78 is 41.4. The van der Waals surface area contributed by atoms with Gasteiger partial charge in [-0.05, 0) is 66.1 Å². The van der Waals surface area contributed by atoms with Gasteiger partial charge in [-0.1, -0.05) is 42.5 Å². The summed E-state index contributed by atoms with van der Waals surface area (Å²) in [6.45, 7) is 2.77. The number of benzene rings is 4. The minimum absolute atomic E-state index is 0.0203. The van der Waals surface area contributed by atoms with Crippen LogP contribution in [-0.2, 0) is 10.2 Å². The van der Waals surface area contributed by atoms with Gasteiger partial charge < -0.3 is 14.5 Å². The first-order valence-electron chi connectivity index (χ1n) is 13.3. The van der Waals surface area contributed by atoms with Crippen molar-refractivity contribution in [1.82, 2.24) is 5.32 Å². The van der Waals surface area contributed by atoms with Crippen LogP contribution in [0, 0.1) is 18.6 Å². The number of halogens is 2. The zero-order valence-corrected chi connectivity index (χ0v) is 22.6. The lowest BCUT2D eigenvalue weighted by molar-refractivity contribution is -0.0600. The van der Waals surface area contributed by atoms with Gasteiger partial charge in [0.2, 0.25) is 0 Å². The molecule has 1 fully saturated rings. The molecule has 0 saturated carbocycles. The summed E-state index contributed by atoms with van der Waals surface area (Å²) in [6, 6.07) is 23.8. The Bertz CT molecular complexity index is 1790. The highest BCUT2D eigenvalue weighted by molar-refractivity contribution is 6.12. The maximum absolute atomic E-state index is 16.4. The fourth-order valence-corrected chi connectivity index (χ4v) is 5.51. The van der Waals surface area contributed by atoms with Gasteiger partial charge in [0, 0.05) is 35.6 Å². The van der Waals surface area contributed by atoms with Gasteiger partial charge in [-0.25, -0.2) is 8.78 Å². The largest absolute Gasteiger partial charge is 0.455 e. The van der Waals surface area contributed by atoms with Gasteiger partial charge in [0.05, 0.1) is 24.2 Å². The highest BCUT2D eigenvalue weighted by Crippen LogP contribution is 2.40. The molecule has 1 aromatic heterocycles. The van der Waals surface area contributed by atoms with Crippen LogP contribution in [0.2, 0.25) is 0 Å². The molecule has 1 aliphatic heterocycles. The number of carbonyl (C=O) groups is 2. The van der Waals surface area contributed by atoms with E-state index >= 15 is 4.39 Å². The Morgan fingerprint density at radius 3 is 2.29 bits per heavy atom. The van der Waals surface area contributed by atoms with E-state index in [1.165, 1.54) is 31.3 Å². The van der Waals surface area contributed by atoms with Gasteiger partial charge in [-0.15, -0.1) is 0 Å². The average Bonchev–Trinajstić information content (AvgIpc) is 3.36. The van der Waals surface area contributed by atoms with E-state index in [1.54, 1.807) is 30.3 Å². The van der Waals surface area contributed by atoms with Gasteiger partial charge in [-0.2, -0.15) is 0 Å². The van der Waals surface area contributed by atoms with E-state index in [0.717, 1.165) is 11.1 Å². The normalized spacial score (nSPS) is 14.0. The number of hydrogen-bond acceptors (Lipinski definition) is 4. The van der Waals surface area contributed by atoms with Crippen molar-refractivity contribution < 1.29 is 27.5 Å². The number of carbonyl (C=O) groups excluding carboxylic acids is 2. The van der Waals surface area contributed by atoms with Gasteiger partial charge in [0.25, 0.3) is 5.91 Å². The smallest absolute Gasteiger partial charge is 0.255 e. The molecule has 1 saturated heterocycles. The Balaban J connectivity index is 1.42. The van der Waals surface area contributed by atoms with E-state index in [-0.39, 0.29) is 45.5 Å². The molecule has 0 aliphatic carbocycles. The molecular weight excluding hydrogens is 524 g/mol. The molecule has 7 heteroatoms. The third-order valence-corrected chi connectivity index (χ3v) is 7.84. The third kappa shape index (κ3) is 4.62. The van der Waals surface area contributed by atoms with Crippen LogP contribution in [0.4, 0.5) is 8.78 Å². The zero-order chi connectivity index (χ0) is 28.7. The molecule has 2 heterocycles. The van der Waals surface area contributed by atoms with Crippen LogP contribution in [0.1, 0.15) is 38.3 Å². The highest BCUT2D eigenvalue weighted by Gasteiger charge is 2.42. The SMILES string of the molecule is CNC(=O)c1c(-c2ccc(F)cc2)oc2ccc(-c3cc(C(=O)CC4(c5ccccc5)COC4)ccc3C)c(F)c12. The number of ether oxygens (including phenoxy) is 1. The van der Waals surface area contributed by atoms with Crippen LogP contribution in [-0.4, -0.2) is 32.0 Å². The number of hydrogen-bond donors (Lipinski definition) is 1. The summed E-state index contributed by atoms with van der Waals surface area (Å²) in [5.41, 5.74) is 3.35. The molecule has 6 rings (SSSR count). The molecule has 1 aliphatic rings.